The summed E-state index contributed by atoms with van der Waals surface area (Å²) in [5.74, 6) is 1.28. The molecule has 0 radical (unpaired) electrons. The minimum absolute atomic E-state index is 0.0125. The highest BCUT2D eigenvalue weighted by molar-refractivity contribution is 9.10. The Morgan fingerprint density at radius 3 is 2.68 bits per heavy atom. The summed E-state index contributed by atoms with van der Waals surface area (Å²) in [4.78, 5) is 37.2. The molecule has 0 spiro atoms. The second-order valence-electron chi connectivity index (χ2n) is 16.3. The number of morpholine rings is 1. The third-order valence-corrected chi connectivity index (χ3v) is 14.1. The van der Waals surface area contributed by atoms with Crippen molar-refractivity contribution >= 4 is 54.7 Å². The minimum Gasteiger partial charge on any atom is -0.489 e. The summed E-state index contributed by atoms with van der Waals surface area (Å²) in [6.45, 7) is 14.5. The molecule has 320 valence electrons. The zero-order valence-electron chi connectivity index (χ0n) is 34.5. The lowest BCUT2D eigenvalue weighted by Crippen LogP contribution is -2.55. The molecule has 2 amide bonds. The molecule has 1 aliphatic carbocycles. The Morgan fingerprint density at radius 2 is 1.93 bits per heavy atom. The number of fused-ring (bicyclic) bond motifs is 3. The molecular formula is C42H56BrN7O8S. The Labute approximate surface area is 355 Å². The van der Waals surface area contributed by atoms with Gasteiger partial charge in [0, 0.05) is 72.8 Å². The number of amides is 2. The molecule has 3 aliphatic rings. The average Bonchev–Trinajstić information content (AvgIpc) is 3.70. The van der Waals surface area contributed by atoms with Crippen LogP contribution in [0, 0.1) is 35.3 Å². The molecule has 1 fully saturated rings. The van der Waals surface area contributed by atoms with Crippen LogP contribution in [0.3, 0.4) is 0 Å². The first-order valence-electron chi connectivity index (χ1n) is 20.3. The Balaban J connectivity index is 1.02. The van der Waals surface area contributed by atoms with Crippen molar-refractivity contribution in [2.45, 2.75) is 71.9 Å². The maximum atomic E-state index is 12.8. The molecule has 3 heterocycles. The second-order valence-corrected chi connectivity index (χ2v) is 19.6. The van der Waals surface area contributed by atoms with Crippen LogP contribution in [0.15, 0.2) is 59.4 Å². The number of carbonyl (C=O) groups excluding carboxylic acids is 1. The van der Waals surface area contributed by atoms with Gasteiger partial charge in [-0.3, -0.25) is 25.3 Å². The number of hydrogen-bond donors (Lipinski definition) is 2. The predicted molar refractivity (Wildman–Crippen MR) is 232 cm³/mol. The second kappa shape index (κ2) is 19.5. The van der Waals surface area contributed by atoms with Gasteiger partial charge in [-0.25, -0.2) is 18.2 Å². The summed E-state index contributed by atoms with van der Waals surface area (Å²) in [7, 11) is -3.16. The highest BCUT2D eigenvalue weighted by atomic mass is 79.9. The van der Waals surface area contributed by atoms with Gasteiger partial charge in [0.05, 0.1) is 47.7 Å². The van der Waals surface area contributed by atoms with Crippen molar-refractivity contribution in [3.63, 3.8) is 0 Å². The number of nitrogens with one attached hydrogen (secondary N) is 2. The lowest BCUT2D eigenvalue weighted by molar-refractivity contribution is -0.384. The Hall–Kier alpha value is -4.16. The number of urea groups is 1. The average molecular weight is 899 g/mol. The summed E-state index contributed by atoms with van der Waals surface area (Å²) in [5, 5.41) is 17.3. The number of ether oxygens (including phenoxy) is 3. The summed E-state index contributed by atoms with van der Waals surface area (Å²) in [6.07, 6.45) is 9.39. The summed E-state index contributed by atoms with van der Waals surface area (Å²) >= 11 is 3.55. The van der Waals surface area contributed by atoms with E-state index in [0.29, 0.717) is 63.2 Å². The smallest absolute Gasteiger partial charge is 0.325 e. The summed E-state index contributed by atoms with van der Waals surface area (Å²) in [6, 6.07) is 8.35. The molecule has 3 aromatic rings. The Kier molecular flexibility index (Phi) is 14.7. The quantitative estimate of drug-likeness (QED) is 0.0565. The van der Waals surface area contributed by atoms with E-state index in [0.717, 1.165) is 52.9 Å². The molecule has 2 aliphatic heterocycles. The molecule has 6 rings (SSSR count). The Morgan fingerprint density at radius 1 is 1.12 bits per heavy atom. The number of anilines is 3. The van der Waals surface area contributed by atoms with Crippen LogP contribution in [0.2, 0.25) is 0 Å². The van der Waals surface area contributed by atoms with E-state index in [1.54, 1.807) is 31.3 Å². The van der Waals surface area contributed by atoms with Gasteiger partial charge >= 0.3 is 6.03 Å². The van der Waals surface area contributed by atoms with E-state index in [-0.39, 0.29) is 51.5 Å². The first-order chi connectivity index (χ1) is 28.1. The molecule has 17 heteroatoms. The molecule has 1 aromatic heterocycles. The SMILES string of the molecule is CCS(=O)(=O)CCC(C)(C)C1C2CC=CC2c2cc([N+](=O)[O-])ccc2N1CCOCCCN1CCO[C@H](COc2cc(C)c(Br)cc2NC(=O)Nc2cnc(C)cn2)C1. The number of halogens is 1. The minimum atomic E-state index is -3.16. The molecule has 15 nitrogen and oxygen atoms in total. The molecule has 0 bridgehead atoms. The number of nitro benzene ring substituents is 1. The van der Waals surface area contributed by atoms with Gasteiger partial charge < -0.3 is 24.4 Å². The van der Waals surface area contributed by atoms with Crippen LogP contribution in [0.25, 0.3) is 0 Å². The first kappa shape index (κ1) is 44.4. The van der Waals surface area contributed by atoms with Gasteiger partial charge in [-0.15, -0.1) is 0 Å². The number of benzene rings is 2. The number of sulfone groups is 1. The van der Waals surface area contributed by atoms with Crippen LogP contribution in [0.5, 0.6) is 5.75 Å². The summed E-state index contributed by atoms with van der Waals surface area (Å²) in [5.41, 5.74) is 3.81. The standard InChI is InChI=1S/C42H56BrN7O8S/c1-6-59(54,55)20-13-42(4,5)40-33-10-7-9-32(33)34-22-30(50(52)53)11-12-37(34)49(40)16-18-56-17-8-14-48-15-19-57-31(26-48)27-58-38-21-28(2)35(43)23-36(38)46-41(51)47-39-25-44-29(3)24-45-39/h7,9,11-12,21-25,31-33,40H,6,8,10,13-20,26-27H2,1-5H3,(H2,45,46,47,51)/t31-,32?,33?,40?/m0/s1. The van der Waals surface area contributed by atoms with Crippen molar-refractivity contribution in [3.05, 3.63) is 86.3 Å². The predicted octanol–water partition coefficient (Wildman–Crippen LogP) is 7.29. The fourth-order valence-corrected chi connectivity index (χ4v) is 9.86. The largest absolute Gasteiger partial charge is 0.489 e. The molecular weight excluding hydrogens is 842 g/mol. The highest BCUT2D eigenvalue weighted by Crippen LogP contribution is 2.53. The van der Waals surface area contributed by atoms with E-state index in [9.17, 15) is 23.3 Å². The van der Waals surface area contributed by atoms with Crippen molar-refractivity contribution < 1.29 is 32.3 Å². The van der Waals surface area contributed by atoms with E-state index >= 15 is 0 Å². The van der Waals surface area contributed by atoms with Crippen molar-refractivity contribution in [2.24, 2.45) is 11.3 Å². The lowest BCUT2D eigenvalue weighted by Gasteiger charge is -2.52. The molecule has 4 atom stereocenters. The van der Waals surface area contributed by atoms with E-state index in [2.05, 4.69) is 72.3 Å². The number of rotatable bonds is 18. The molecule has 2 aromatic carbocycles. The van der Waals surface area contributed by atoms with E-state index in [1.165, 1.54) is 6.20 Å². The van der Waals surface area contributed by atoms with Gasteiger partial charge in [0.25, 0.3) is 5.69 Å². The Bertz CT molecular complexity index is 2100. The van der Waals surface area contributed by atoms with Crippen LogP contribution >= 0.6 is 15.9 Å². The number of non-ortho nitro benzene ring substituents is 1. The number of aryl methyl sites for hydroxylation is 2. The van der Waals surface area contributed by atoms with Crippen molar-refractivity contribution in [3.8, 4) is 5.75 Å². The fraction of sp³-hybridized carbons (Fsp3) is 0.548. The number of allylic oxidation sites excluding steroid dienone is 2. The van der Waals surface area contributed by atoms with E-state index in [4.69, 9.17) is 14.2 Å². The van der Waals surface area contributed by atoms with Crippen molar-refractivity contribution in [1.82, 2.24) is 14.9 Å². The molecule has 3 unspecified atom stereocenters. The van der Waals surface area contributed by atoms with E-state index < -0.39 is 15.9 Å². The lowest BCUT2D eigenvalue weighted by atomic mass is 9.67. The van der Waals surface area contributed by atoms with Crippen LogP contribution in [0.4, 0.5) is 27.7 Å². The maximum absolute atomic E-state index is 12.8. The number of nitrogens with zero attached hydrogens (tertiary/aromatic N) is 5. The van der Waals surface area contributed by atoms with Gasteiger partial charge in [-0.2, -0.15) is 0 Å². The fourth-order valence-electron chi connectivity index (χ4n) is 8.39. The van der Waals surface area contributed by atoms with Gasteiger partial charge in [-0.1, -0.05) is 48.9 Å². The third-order valence-electron chi connectivity index (χ3n) is 11.6. The van der Waals surface area contributed by atoms with Crippen LogP contribution in [-0.4, -0.2) is 110 Å². The van der Waals surface area contributed by atoms with Gasteiger partial charge in [-0.05, 0) is 73.8 Å². The summed E-state index contributed by atoms with van der Waals surface area (Å²) < 4.78 is 44.6. The van der Waals surface area contributed by atoms with Gasteiger partial charge in [0.2, 0.25) is 0 Å². The topological polar surface area (TPSA) is 178 Å². The number of aromatic nitrogens is 2. The van der Waals surface area contributed by atoms with Crippen LogP contribution in [-0.2, 0) is 19.3 Å². The van der Waals surface area contributed by atoms with Crippen LogP contribution < -0.4 is 20.3 Å². The van der Waals surface area contributed by atoms with Crippen LogP contribution in [0.1, 0.15) is 62.8 Å². The highest BCUT2D eigenvalue weighted by Gasteiger charge is 2.48. The normalized spacial score (nSPS) is 20.5. The number of hydrogen-bond acceptors (Lipinski definition) is 12. The number of nitro groups is 1. The third kappa shape index (κ3) is 11.4. The molecule has 1 saturated heterocycles. The monoisotopic (exact) mass is 897 g/mol. The molecule has 2 N–H and O–H groups in total. The van der Waals surface area contributed by atoms with Gasteiger partial charge in [0.1, 0.15) is 28.3 Å². The number of carbonyl (C=O) groups is 1. The van der Waals surface area contributed by atoms with Gasteiger partial charge in [0.15, 0.2) is 5.82 Å². The first-order valence-corrected chi connectivity index (χ1v) is 22.9. The van der Waals surface area contributed by atoms with Crippen molar-refractivity contribution in [2.75, 3.05) is 79.6 Å². The maximum Gasteiger partial charge on any atom is 0.325 e. The zero-order valence-corrected chi connectivity index (χ0v) is 36.9. The molecule has 59 heavy (non-hydrogen) atoms. The van der Waals surface area contributed by atoms with Crippen molar-refractivity contribution in [1.29, 1.82) is 0 Å². The van der Waals surface area contributed by atoms with E-state index in [1.807, 2.05) is 26.0 Å². The molecule has 0 saturated carbocycles. The zero-order chi connectivity index (χ0) is 42.3.